The van der Waals surface area contributed by atoms with E-state index in [9.17, 15) is 19.0 Å². The zero-order chi connectivity index (χ0) is 15.8. The maximum absolute atomic E-state index is 12.6. The van der Waals surface area contributed by atoms with E-state index in [-0.39, 0.29) is 26.4 Å². The number of hydrogen-bond acceptors (Lipinski definition) is 7. The van der Waals surface area contributed by atoms with Gasteiger partial charge in [-0.1, -0.05) is 0 Å². The molecule has 0 aromatic carbocycles. The molecule has 120 valence electrons. The predicted molar refractivity (Wildman–Crippen MR) is 73.1 cm³/mol. The lowest BCUT2D eigenvalue weighted by Gasteiger charge is -2.28. The molecule has 0 rings (SSSR count). The van der Waals surface area contributed by atoms with Gasteiger partial charge in [-0.05, 0) is 27.7 Å². The molecule has 0 atom stereocenters. The van der Waals surface area contributed by atoms with Gasteiger partial charge in [0.15, 0.2) is 0 Å². The quantitative estimate of drug-likeness (QED) is 0.575. The Morgan fingerprint density at radius 1 is 0.850 bits per heavy atom. The molecule has 0 saturated carbocycles. The van der Waals surface area contributed by atoms with E-state index < -0.39 is 26.6 Å². The molecule has 1 N–H and O–H groups in total. The number of carbonyl (C=O) groups is 1. The summed E-state index contributed by atoms with van der Waals surface area (Å²) in [5.74, 6) is -1.61. The number of aliphatic carboxylic acids is 1. The first-order chi connectivity index (χ1) is 9.31. The van der Waals surface area contributed by atoms with Gasteiger partial charge in [0.25, 0.3) is 5.40 Å². The van der Waals surface area contributed by atoms with Gasteiger partial charge in [-0.3, -0.25) is 13.9 Å². The lowest BCUT2D eigenvalue weighted by Crippen LogP contribution is -2.25. The lowest BCUT2D eigenvalue weighted by molar-refractivity contribution is -0.135. The normalized spacial score (nSPS) is 12.8. The van der Waals surface area contributed by atoms with Crippen LogP contribution in [0.1, 0.15) is 27.7 Å². The SMILES string of the molecule is CCOP(=O)(OCC)C(C(=O)O)P(=O)(OCC)OCC. The molecule has 8 nitrogen and oxygen atoms in total. The molecular weight excluding hydrogens is 310 g/mol. The van der Waals surface area contributed by atoms with Crippen molar-refractivity contribution in [3.8, 4) is 0 Å². The molecule has 10 heteroatoms. The van der Waals surface area contributed by atoms with Crippen LogP contribution in [0.15, 0.2) is 0 Å². The van der Waals surface area contributed by atoms with Crippen molar-refractivity contribution in [2.24, 2.45) is 0 Å². The van der Waals surface area contributed by atoms with Gasteiger partial charge in [0.1, 0.15) is 0 Å². The van der Waals surface area contributed by atoms with Crippen LogP contribution in [-0.2, 0) is 32.0 Å². The highest BCUT2D eigenvalue weighted by atomic mass is 31.2. The summed E-state index contributed by atoms with van der Waals surface area (Å²) in [5, 5.41) is 7.28. The molecule has 0 aromatic rings. The van der Waals surface area contributed by atoms with Gasteiger partial charge >= 0.3 is 21.2 Å². The smallest absolute Gasteiger partial charge is 0.357 e. The molecule has 0 saturated heterocycles. The summed E-state index contributed by atoms with van der Waals surface area (Å²) in [7, 11) is -8.36. The summed E-state index contributed by atoms with van der Waals surface area (Å²) >= 11 is 0. The highest BCUT2D eigenvalue weighted by Crippen LogP contribution is 2.70. The molecular formula is C10H22O8P2. The maximum Gasteiger partial charge on any atom is 0.357 e. The third kappa shape index (κ3) is 4.95. The Kier molecular flexibility index (Phi) is 8.82. The van der Waals surface area contributed by atoms with Crippen molar-refractivity contribution in [3.05, 3.63) is 0 Å². The van der Waals surface area contributed by atoms with Crippen LogP contribution >= 0.6 is 15.2 Å². The first kappa shape index (κ1) is 19.8. The molecule has 0 heterocycles. The van der Waals surface area contributed by atoms with Crippen molar-refractivity contribution in [1.29, 1.82) is 0 Å². The van der Waals surface area contributed by atoms with E-state index in [0.29, 0.717) is 0 Å². The van der Waals surface area contributed by atoms with Gasteiger partial charge in [0.2, 0.25) is 0 Å². The number of hydrogen-bond donors (Lipinski definition) is 1. The van der Waals surface area contributed by atoms with Crippen molar-refractivity contribution in [3.63, 3.8) is 0 Å². The molecule has 20 heavy (non-hydrogen) atoms. The zero-order valence-corrected chi connectivity index (χ0v) is 13.9. The molecule has 0 aliphatic heterocycles. The molecule has 0 unspecified atom stereocenters. The largest absolute Gasteiger partial charge is 0.480 e. The third-order valence-corrected chi connectivity index (χ3v) is 7.87. The van der Waals surface area contributed by atoms with Crippen LogP contribution < -0.4 is 0 Å². The fourth-order valence-corrected chi connectivity index (χ4v) is 6.40. The fourth-order valence-electron chi connectivity index (χ4n) is 1.52. The average molecular weight is 332 g/mol. The number of carboxylic acid groups (broad SMARTS) is 1. The van der Waals surface area contributed by atoms with Crippen molar-refractivity contribution < 1.29 is 37.1 Å². The summed E-state index contributed by atoms with van der Waals surface area (Å²) in [6.07, 6.45) is 0. The van der Waals surface area contributed by atoms with E-state index in [4.69, 9.17) is 18.1 Å². The van der Waals surface area contributed by atoms with Crippen molar-refractivity contribution in [2.75, 3.05) is 26.4 Å². The van der Waals surface area contributed by atoms with Gasteiger partial charge in [0, 0.05) is 0 Å². The third-order valence-electron chi connectivity index (χ3n) is 2.06. The van der Waals surface area contributed by atoms with Gasteiger partial charge in [-0.15, -0.1) is 0 Å². The molecule has 0 aliphatic carbocycles. The van der Waals surface area contributed by atoms with Crippen molar-refractivity contribution in [1.82, 2.24) is 0 Å². The maximum atomic E-state index is 12.6. The predicted octanol–water partition coefficient (Wildman–Crippen LogP) is 2.93. The van der Waals surface area contributed by atoms with Crippen LogP contribution in [0, 0.1) is 0 Å². The topological polar surface area (TPSA) is 108 Å². The second-order valence-corrected chi connectivity index (χ2v) is 8.09. The Labute approximate surface area is 118 Å². The summed E-state index contributed by atoms with van der Waals surface area (Å²) in [6.45, 7) is 5.87. The van der Waals surface area contributed by atoms with E-state index in [2.05, 4.69) is 0 Å². The Hall–Kier alpha value is -0.230. The average Bonchev–Trinajstić information content (AvgIpc) is 2.28. The second kappa shape index (κ2) is 8.93. The molecule has 0 amide bonds. The minimum atomic E-state index is -4.18. The van der Waals surface area contributed by atoms with Crippen LogP contribution in [0.4, 0.5) is 0 Å². The monoisotopic (exact) mass is 332 g/mol. The van der Waals surface area contributed by atoms with E-state index in [1.165, 1.54) is 27.7 Å². The standard InChI is InChI=1S/C10H22O8P2/c1-5-15-19(13,16-6-2)10(9(11)12)20(14,17-7-3)18-8-4/h10H,5-8H2,1-4H3,(H,11,12). The van der Waals surface area contributed by atoms with Crippen LogP contribution in [0.25, 0.3) is 0 Å². The fraction of sp³-hybridized carbons (Fsp3) is 0.900. The van der Waals surface area contributed by atoms with Crippen molar-refractivity contribution >= 4 is 21.2 Å². The van der Waals surface area contributed by atoms with Gasteiger partial charge in [-0.2, -0.15) is 0 Å². The van der Waals surface area contributed by atoms with E-state index in [0.717, 1.165) is 0 Å². The van der Waals surface area contributed by atoms with Gasteiger partial charge in [-0.25, -0.2) is 0 Å². The lowest BCUT2D eigenvalue weighted by atomic mass is 10.8. The van der Waals surface area contributed by atoms with E-state index >= 15 is 0 Å². The Morgan fingerprint density at radius 3 is 1.25 bits per heavy atom. The molecule has 0 aromatic heterocycles. The summed E-state index contributed by atoms with van der Waals surface area (Å²) in [6, 6.07) is 0. The van der Waals surface area contributed by atoms with Gasteiger partial charge < -0.3 is 23.2 Å². The molecule has 0 aliphatic rings. The second-order valence-electron chi connectivity index (χ2n) is 3.46. The minimum Gasteiger partial charge on any atom is -0.480 e. The summed E-state index contributed by atoms with van der Waals surface area (Å²) < 4.78 is 45.0. The van der Waals surface area contributed by atoms with Crippen LogP contribution in [0.3, 0.4) is 0 Å². The number of rotatable bonds is 11. The first-order valence-corrected chi connectivity index (χ1v) is 9.54. The van der Waals surface area contributed by atoms with Crippen molar-refractivity contribution in [2.45, 2.75) is 33.1 Å². The summed E-state index contributed by atoms with van der Waals surface area (Å²) in [5.41, 5.74) is 0. The minimum absolute atomic E-state index is 0.0562. The number of carboxylic acids is 1. The van der Waals surface area contributed by atoms with Crippen LogP contribution in [-0.4, -0.2) is 42.9 Å². The zero-order valence-electron chi connectivity index (χ0n) is 12.1. The van der Waals surface area contributed by atoms with E-state index in [1.807, 2.05) is 0 Å². The van der Waals surface area contributed by atoms with Crippen LogP contribution in [0.2, 0.25) is 0 Å². The Balaban J connectivity index is 5.74. The van der Waals surface area contributed by atoms with E-state index in [1.54, 1.807) is 0 Å². The highest BCUT2D eigenvalue weighted by molar-refractivity contribution is 7.74. The van der Waals surface area contributed by atoms with Crippen LogP contribution in [0.5, 0.6) is 0 Å². The Bertz CT molecular complexity index is 347. The molecule has 0 radical (unpaired) electrons. The summed E-state index contributed by atoms with van der Waals surface area (Å²) in [4.78, 5) is 11.4. The Morgan fingerprint density at radius 2 is 1.10 bits per heavy atom. The molecule has 0 spiro atoms. The highest BCUT2D eigenvalue weighted by Gasteiger charge is 2.56. The molecule has 0 bridgehead atoms. The molecule has 0 fully saturated rings. The van der Waals surface area contributed by atoms with Gasteiger partial charge in [0.05, 0.1) is 26.4 Å². The first-order valence-electron chi connectivity index (χ1n) is 6.31.